The minimum atomic E-state index is -0.201. The van der Waals surface area contributed by atoms with Crippen LogP contribution in [-0.2, 0) is 11.2 Å². The molecule has 3 aliphatic rings. The Hall–Kier alpha value is -2.08. The zero-order valence-corrected chi connectivity index (χ0v) is 16.9. The summed E-state index contributed by atoms with van der Waals surface area (Å²) in [6.45, 7) is 6.71. The smallest absolute Gasteiger partial charge is 0.317 e. The van der Waals surface area contributed by atoms with Crippen LogP contribution in [0.4, 0.5) is 4.79 Å². The van der Waals surface area contributed by atoms with Gasteiger partial charge < -0.3 is 20.3 Å². The van der Waals surface area contributed by atoms with Gasteiger partial charge in [-0.25, -0.2) is 4.79 Å². The average molecular weight is 386 g/mol. The molecular formula is C22H31N3O3. The fourth-order valence-electron chi connectivity index (χ4n) is 5.31. The number of nitrogens with one attached hydrogen (secondary N) is 2. The highest BCUT2D eigenvalue weighted by atomic mass is 16.5. The van der Waals surface area contributed by atoms with Gasteiger partial charge >= 0.3 is 6.03 Å². The molecule has 1 spiro atoms. The summed E-state index contributed by atoms with van der Waals surface area (Å²) in [4.78, 5) is 26.8. The van der Waals surface area contributed by atoms with Crippen LogP contribution < -0.4 is 10.6 Å². The van der Waals surface area contributed by atoms with E-state index in [0.717, 1.165) is 25.7 Å². The zero-order chi connectivity index (χ0) is 19.7. The Morgan fingerprint density at radius 2 is 2.00 bits per heavy atom. The zero-order valence-electron chi connectivity index (χ0n) is 16.9. The second-order valence-electron chi connectivity index (χ2n) is 8.40. The van der Waals surface area contributed by atoms with Crippen LogP contribution in [0.1, 0.15) is 49.0 Å². The van der Waals surface area contributed by atoms with Crippen LogP contribution in [0, 0.1) is 11.8 Å². The number of rotatable bonds is 6. The highest BCUT2D eigenvalue weighted by Gasteiger charge is 2.63. The molecule has 1 aromatic carbocycles. The number of likely N-dealkylation sites (tertiary alicyclic amines) is 1. The standard InChI is InChI=1S/C22H31N3O3/c1-3-5-15-6-8-16(9-7-15)20(26)24-12-17-18-13-25(21(27)23-4-2)14-22(18)11-10-19(17)28-22/h6-9,17-19H,3-5,10-14H2,1-2H3,(H,23,27)(H,24,26)/t17-,18+,19+,22+/m0/s1. The number of ether oxygens (including phenoxy) is 1. The lowest BCUT2D eigenvalue weighted by atomic mass is 9.73. The van der Waals surface area contributed by atoms with Crippen LogP contribution >= 0.6 is 0 Å². The van der Waals surface area contributed by atoms with Gasteiger partial charge in [0, 0.05) is 37.0 Å². The number of fused-ring (bicyclic) bond motifs is 1. The normalized spacial score (nSPS) is 30.4. The van der Waals surface area contributed by atoms with Gasteiger partial charge in [-0.05, 0) is 43.9 Å². The molecule has 152 valence electrons. The molecule has 2 bridgehead atoms. The molecule has 4 rings (SSSR count). The Kier molecular flexibility index (Phi) is 5.32. The molecule has 6 heteroatoms. The van der Waals surface area contributed by atoms with Crippen LogP contribution in [-0.4, -0.2) is 54.7 Å². The van der Waals surface area contributed by atoms with Gasteiger partial charge in [-0.2, -0.15) is 0 Å². The van der Waals surface area contributed by atoms with E-state index in [2.05, 4.69) is 17.6 Å². The van der Waals surface area contributed by atoms with Gasteiger partial charge in [0.1, 0.15) is 0 Å². The predicted molar refractivity (Wildman–Crippen MR) is 107 cm³/mol. The molecule has 2 N–H and O–H groups in total. The SMILES string of the molecule is CCCc1ccc(C(=O)NC[C@H]2[C@H]3CN(C(=O)NCC)C[C@]34CC[C@H]2O4)cc1. The van der Waals surface area contributed by atoms with Gasteiger partial charge in [0.15, 0.2) is 0 Å². The first-order valence-electron chi connectivity index (χ1n) is 10.6. The largest absolute Gasteiger partial charge is 0.369 e. The highest BCUT2D eigenvalue weighted by molar-refractivity contribution is 5.94. The summed E-state index contributed by atoms with van der Waals surface area (Å²) in [7, 11) is 0. The fraction of sp³-hybridized carbons (Fsp3) is 0.636. The first-order chi connectivity index (χ1) is 13.6. The van der Waals surface area contributed by atoms with Gasteiger partial charge in [0.2, 0.25) is 0 Å². The summed E-state index contributed by atoms with van der Waals surface area (Å²) < 4.78 is 6.36. The molecule has 0 saturated carbocycles. The van der Waals surface area contributed by atoms with Gasteiger partial charge in [0.25, 0.3) is 5.91 Å². The van der Waals surface area contributed by atoms with E-state index >= 15 is 0 Å². The first kappa shape index (κ1) is 19.2. The third-order valence-electron chi connectivity index (χ3n) is 6.65. The third-order valence-corrected chi connectivity index (χ3v) is 6.65. The topological polar surface area (TPSA) is 70.7 Å². The summed E-state index contributed by atoms with van der Waals surface area (Å²) in [5.74, 6) is 0.552. The molecule has 0 unspecified atom stereocenters. The monoisotopic (exact) mass is 385 g/mol. The maximum absolute atomic E-state index is 12.6. The molecule has 3 amide bonds. The van der Waals surface area contributed by atoms with Crippen molar-refractivity contribution in [1.29, 1.82) is 0 Å². The van der Waals surface area contributed by atoms with Crippen molar-refractivity contribution < 1.29 is 14.3 Å². The van der Waals surface area contributed by atoms with E-state index in [-0.39, 0.29) is 29.6 Å². The molecule has 0 radical (unpaired) electrons. The maximum Gasteiger partial charge on any atom is 0.317 e. The predicted octanol–water partition coefficient (Wildman–Crippen LogP) is 2.58. The molecule has 28 heavy (non-hydrogen) atoms. The minimum absolute atomic E-state index is 0.00622. The van der Waals surface area contributed by atoms with Gasteiger partial charge in [-0.15, -0.1) is 0 Å². The molecule has 3 fully saturated rings. The molecule has 1 aromatic rings. The van der Waals surface area contributed by atoms with E-state index in [4.69, 9.17) is 4.74 Å². The lowest BCUT2D eigenvalue weighted by Gasteiger charge is -2.29. The summed E-state index contributed by atoms with van der Waals surface area (Å²) in [6, 6.07) is 7.88. The first-order valence-corrected chi connectivity index (χ1v) is 10.6. The molecule has 3 aliphatic heterocycles. The Labute approximate surface area is 167 Å². The lowest BCUT2D eigenvalue weighted by molar-refractivity contribution is 0.00555. The van der Waals surface area contributed by atoms with E-state index in [0.29, 0.717) is 37.7 Å². The summed E-state index contributed by atoms with van der Waals surface area (Å²) >= 11 is 0. The summed E-state index contributed by atoms with van der Waals surface area (Å²) in [6.07, 6.45) is 4.38. The highest BCUT2D eigenvalue weighted by Crippen LogP contribution is 2.54. The molecule has 0 aliphatic carbocycles. The second-order valence-corrected chi connectivity index (χ2v) is 8.40. The molecule has 3 saturated heterocycles. The average Bonchev–Trinajstić information content (AvgIpc) is 3.36. The van der Waals surface area contributed by atoms with Gasteiger partial charge in [0.05, 0.1) is 18.2 Å². The van der Waals surface area contributed by atoms with Crippen LogP contribution in [0.5, 0.6) is 0 Å². The van der Waals surface area contributed by atoms with Gasteiger partial charge in [-0.1, -0.05) is 25.5 Å². The second kappa shape index (κ2) is 7.74. The number of nitrogens with zero attached hydrogens (tertiary/aromatic N) is 1. The van der Waals surface area contributed by atoms with Crippen molar-refractivity contribution in [2.24, 2.45) is 11.8 Å². The van der Waals surface area contributed by atoms with Crippen molar-refractivity contribution in [2.75, 3.05) is 26.2 Å². The number of carbonyl (C=O) groups is 2. The van der Waals surface area contributed by atoms with Crippen molar-refractivity contribution in [1.82, 2.24) is 15.5 Å². The van der Waals surface area contributed by atoms with Crippen LogP contribution in [0.3, 0.4) is 0 Å². The fourth-order valence-corrected chi connectivity index (χ4v) is 5.31. The molecular weight excluding hydrogens is 354 g/mol. The minimum Gasteiger partial charge on any atom is -0.369 e. The lowest BCUT2D eigenvalue weighted by Crippen LogP contribution is -2.41. The quantitative estimate of drug-likeness (QED) is 0.791. The number of hydrogen-bond donors (Lipinski definition) is 2. The molecule has 6 nitrogen and oxygen atoms in total. The Balaban J connectivity index is 1.37. The van der Waals surface area contributed by atoms with E-state index in [9.17, 15) is 9.59 Å². The Morgan fingerprint density at radius 3 is 2.71 bits per heavy atom. The number of benzene rings is 1. The maximum atomic E-state index is 12.6. The van der Waals surface area contributed by atoms with E-state index < -0.39 is 0 Å². The van der Waals surface area contributed by atoms with E-state index in [1.807, 2.05) is 36.1 Å². The van der Waals surface area contributed by atoms with Crippen molar-refractivity contribution in [3.8, 4) is 0 Å². The molecule has 4 atom stereocenters. The number of urea groups is 1. The van der Waals surface area contributed by atoms with Crippen molar-refractivity contribution in [2.45, 2.75) is 51.2 Å². The number of carbonyl (C=O) groups excluding carboxylic acids is 2. The van der Waals surface area contributed by atoms with E-state index in [1.54, 1.807) is 0 Å². The van der Waals surface area contributed by atoms with Crippen LogP contribution in [0.15, 0.2) is 24.3 Å². The number of hydrogen-bond acceptors (Lipinski definition) is 3. The molecule has 0 aromatic heterocycles. The molecule has 3 heterocycles. The number of amides is 3. The van der Waals surface area contributed by atoms with E-state index in [1.165, 1.54) is 5.56 Å². The Morgan fingerprint density at radius 1 is 1.21 bits per heavy atom. The van der Waals surface area contributed by atoms with Crippen molar-refractivity contribution in [3.05, 3.63) is 35.4 Å². The van der Waals surface area contributed by atoms with Crippen LogP contribution in [0.2, 0.25) is 0 Å². The Bertz CT molecular complexity index is 735. The third kappa shape index (κ3) is 3.39. The number of aryl methyl sites for hydroxylation is 1. The van der Waals surface area contributed by atoms with Crippen molar-refractivity contribution >= 4 is 11.9 Å². The van der Waals surface area contributed by atoms with Gasteiger partial charge in [-0.3, -0.25) is 4.79 Å². The summed E-state index contributed by atoms with van der Waals surface area (Å²) in [5, 5.41) is 6.01. The van der Waals surface area contributed by atoms with Crippen molar-refractivity contribution in [3.63, 3.8) is 0 Å². The summed E-state index contributed by atoms with van der Waals surface area (Å²) in [5.41, 5.74) is 1.76. The van der Waals surface area contributed by atoms with Crippen LogP contribution in [0.25, 0.3) is 0 Å².